The van der Waals surface area contributed by atoms with Gasteiger partial charge in [0.05, 0.1) is 11.3 Å². The number of piperazine rings is 1. The van der Waals surface area contributed by atoms with Gasteiger partial charge in [0.25, 0.3) is 5.69 Å². The molecular formula is C12H14N4O3. The molecule has 3 rings (SSSR count). The molecule has 100 valence electrons. The number of nitrogens with one attached hydrogen (secondary N) is 2. The minimum absolute atomic E-state index is 0.0807. The van der Waals surface area contributed by atoms with E-state index in [0.29, 0.717) is 16.9 Å². The number of nitrogens with zero attached hydrogens (tertiary/aromatic N) is 2. The van der Waals surface area contributed by atoms with Gasteiger partial charge in [0.15, 0.2) is 0 Å². The number of hydrogen-bond acceptors (Lipinski definition) is 5. The lowest BCUT2D eigenvalue weighted by molar-refractivity contribution is -0.384. The van der Waals surface area contributed by atoms with Crippen molar-refractivity contribution >= 4 is 23.0 Å². The predicted molar refractivity (Wildman–Crippen MR) is 70.5 cm³/mol. The highest BCUT2D eigenvalue weighted by atomic mass is 16.6. The van der Waals surface area contributed by atoms with Crippen molar-refractivity contribution in [1.29, 1.82) is 0 Å². The van der Waals surface area contributed by atoms with Gasteiger partial charge >= 0.3 is 0 Å². The number of nitro benzene ring substituents is 1. The molecule has 0 unspecified atom stereocenters. The minimum Gasteiger partial charge on any atom is -0.363 e. The van der Waals surface area contributed by atoms with Crippen LogP contribution in [-0.2, 0) is 11.2 Å². The largest absolute Gasteiger partial charge is 0.363 e. The number of amides is 1. The number of carbonyl (C=O) groups excluding carboxylic acids is 1. The number of fused-ring (bicyclic) bond motifs is 1. The predicted octanol–water partition coefficient (Wildman–Crippen LogP) is 0.499. The summed E-state index contributed by atoms with van der Waals surface area (Å²) in [6.45, 7) is 3.07. The topological polar surface area (TPSA) is 87.5 Å². The first kappa shape index (κ1) is 11.9. The second-order valence-corrected chi connectivity index (χ2v) is 4.72. The van der Waals surface area contributed by atoms with Gasteiger partial charge in [0, 0.05) is 37.9 Å². The van der Waals surface area contributed by atoms with E-state index in [1.807, 2.05) is 4.90 Å². The molecule has 7 heteroatoms. The van der Waals surface area contributed by atoms with Crippen LogP contribution in [-0.4, -0.2) is 37.0 Å². The van der Waals surface area contributed by atoms with Crippen LogP contribution in [0.5, 0.6) is 0 Å². The van der Waals surface area contributed by atoms with Crippen LogP contribution in [0.25, 0.3) is 0 Å². The molecule has 0 aliphatic carbocycles. The maximum absolute atomic E-state index is 11.4. The number of rotatable bonds is 2. The fraction of sp³-hybridized carbons (Fsp3) is 0.417. The Balaban J connectivity index is 2.04. The molecule has 0 atom stereocenters. The molecule has 1 fully saturated rings. The standard InChI is InChI=1S/C12H14N4O3/c17-12-6-8-5-11(16(18)19)10(7-9(8)14-12)15-3-1-13-2-4-15/h5,7,13H,1-4,6H2,(H,14,17). The molecule has 1 aromatic carbocycles. The Morgan fingerprint density at radius 3 is 2.68 bits per heavy atom. The SMILES string of the molecule is O=C1Cc2cc([N+](=O)[O-])c(N3CCNCC3)cc2N1. The third-order valence-electron chi connectivity index (χ3n) is 3.48. The third-order valence-corrected chi connectivity index (χ3v) is 3.48. The summed E-state index contributed by atoms with van der Waals surface area (Å²) in [5.74, 6) is -0.109. The summed E-state index contributed by atoms with van der Waals surface area (Å²) in [6, 6.07) is 3.24. The summed E-state index contributed by atoms with van der Waals surface area (Å²) < 4.78 is 0. The van der Waals surface area contributed by atoms with Gasteiger partial charge in [-0.25, -0.2) is 0 Å². The molecule has 1 saturated heterocycles. The summed E-state index contributed by atoms with van der Waals surface area (Å²) in [5, 5.41) is 17.2. The highest BCUT2D eigenvalue weighted by molar-refractivity contribution is 6.00. The Morgan fingerprint density at radius 1 is 1.26 bits per heavy atom. The van der Waals surface area contributed by atoms with Gasteiger partial charge < -0.3 is 15.5 Å². The maximum Gasteiger partial charge on any atom is 0.292 e. The van der Waals surface area contributed by atoms with E-state index < -0.39 is 0 Å². The normalized spacial score (nSPS) is 18.1. The molecule has 0 spiro atoms. The van der Waals surface area contributed by atoms with Crippen LogP contribution in [0.1, 0.15) is 5.56 Å². The molecule has 1 amide bonds. The molecule has 2 heterocycles. The zero-order valence-electron chi connectivity index (χ0n) is 10.3. The monoisotopic (exact) mass is 262 g/mol. The van der Waals surface area contributed by atoms with Gasteiger partial charge in [-0.15, -0.1) is 0 Å². The molecule has 2 aliphatic rings. The van der Waals surface area contributed by atoms with Crippen molar-refractivity contribution in [2.45, 2.75) is 6.42 Å². The van der Waals surface area contributed by atoms with E-state index in [4.69, 9.17) is 0 Å². The number of nitro groups is 1. The van der Waals surface area contributed by atoms with E-state index in [-0.39, 0.29) is 22.9 Å². The van der Waals surface area contributed by atoms with Crippen LogP contribution < -0.4 is 15.5 Å². The van der Waals surface area contributed by atoms with E-state index in [9.17, 15) is 14.9 Å². The fourth-order valence-electron chi connectivity index (χ4n) is 2.56. The second-order valence-electron chi connectivity index (χ2n) is 4.72. The van der Waals surface area contributed by atoms with Gasteiger partial charge in [-0.05, 0) is 11.6 Å². The summed E-state index contributed by atoms with van der Waals surface area (Å²) in [5.41, 5.74) is 2.07. The zero-order valence-corrected chi connectivity index (χ0v) is 10.3. The molecule has 1 aromatic rings. The van der Waals surface area contributed by atoms with E-state index in [1.54, 1.807) is 6.07 Å². The lowest BCUT2D eigenvalue weighted by Crippen LogP contribution is -2.43. The molecule has 0 aromatic heterocycles. The van der Waals surface area contributed by atoms with E-state index in [2.05, 4.69) is 10.6 Å². The second kappa shape index (κ2) is 4.51. The van der Waals surface area contributed by atoms with Crippen molar-refractivity contribution in [2.75, 3.05) is 36.4 Å². The minimum atomic E-state index is -0.375. The number of benzene rings is 1. The van der Waals surface area contributed by atoms with Crippen LogP contribution in [0.4, 0.5) is 17.1 Å². The Kier molecular flexibility index (Phi) is 2.83. The van der Waals surface area contributed by atoms with Crippen molar-refractivity contribution in [3.05, 3.63) is 27.8 Å². The van der Waals surface area contributed by atoms with E-state index in [0.717, 1.165) is 26.2 Å². The summed E-state index contributed by atoms with van der Waals surface area (Å²) in [4.78, 5) is 24.2. The smallest absolute Gasteiger partial charge is 0.292 e. The quantitative estimate of drug-likeness (QED) is 0.598. The van der Waals surface area contributed by atoms with Crippen LogP contribution in [0, 0.1) is 10.1 Å². The summed E-state index contributed by atoms with van der Waals surface area (Å²) in [6.07, 6.45) is 0.220. The van der Waals surface area contributed by atoms with Gasteiger partial charge in [-0.3, -0.25) is 14.9 Å². The average molecular weight is 262 g/mol. The zero-order chi connectivity index (χ0) is 13.4. The van der Waals surface area contributed by atoms with Crippen molar-refractivity contribution in [1.82, 2.24) is 5.32 Å². The van der Waals surface area contributed by atoms with Crippen molar-refractivity contribution < 1.29 is 9.72 Å². The third kappa shape index (κ3) is 2.12. The van der Waals surface area contributed by atoms with Gasteiger partial charge in [0.2, 0.25) is 5.91 Å². The molecule has 19 heavy (non-hydrogen) atoms. The number of hydrogen-bond donors (Lipinski definition) is 2. The van der Waals surface area contributed by atoms with Gasteiger partial charge in [-0.2, -0.15) is 0 Å². The van der Waals surface area contributed by atoms with Gasteiger partial charge in [0.1, 0.15) is 5.69 Å². The molecule has 7 nitrogen and oxygen atoms in total. The van der Waals surface area contributed by atoms with Gasteiger partial charge in [-0.1, -0.05) is 0 Å². The molecular weight excluding hydrogens is 248 g/mol. The molecule has 0 radical (unpaired) electrons. The molecule has 0 saturated carbocycles. The Labute approximate surface area is 109 Å². The average Bonchev–Trinajstić information content (AvgIpc) is 2.77. The lowest BCUT2D eigenvalue weighted by atomic mass is 10.1. The summed E-state index contributed by atoms with van der Waals surface area (Å²) in [7, 11) is 0. The molecule has 2 N–H and O–H groups in total. The lowest BCUT2D eigenvalue weighted by Gasteiger charge is -2.29. The maximum atomic E-state index is 11.4. The highest BCUT2D eigenvalue weighted by Gasteiger charge is 2.27. The fourth-order valence-corrected chi connectivity index (χ4v) is 2.56. The van der Waals surface area contributed by atoms with Crippen molar-refractivity contribution in [3.8, 4) is 0 Å². The first-order valence-corrected chi connectivity index (χ1v) is 6.22. The number of anilines is 2. The Morgan fingerprint density at radius 2 is 2.00 bits per heavy atom. The van der Waals surface area contributed by atoms with Crippen LogP contribution in [0.15, 0.2) is 12.1 Å². The first-order valence-electron chi connectivity index (χ1n) is 6.22. The Bertz CT molecular complexity index is 552. The van der Waals surface area contributed by atoms with Crippen molar-refractivity contribution in [2.24, 2.45) is 0 Å². The van der Waals surface area contributed by atoms with Crippen molar-refractivity contribution in [3.63, 3.8) is 0 Å². The highest BCUT2D eigenvalue weighted by Crippen LogP contribution is 2.36. The van der Waals surface area contributed by atoms with Crippen LogP contribution >= 0.6 is 0 Å². The Hall–Kier alpha value is -2.15. The molecule has 2 aliphatic heterocycles. The molecule has 0 bridgehead atoms. The van der Waals surface area contributed by atoms with E-state index >= 15 is 0 Å². The van der Waals surface area contributed by atoms with Crippen LogP contribution in [0.3, 0.4) is 0 Å². The van der Waals surface area contributed by atoms with E-state index in [1.165, 1.54) is 6.07 Å². The first-order chi connectivity index (χ1) is 9.15. The number of carbonyl (C=O) groups is 1. The summed E-state index contributed by atoms with van der Waals surface area (Å²) >= 11 is 0. The van der Waals surface area contributed by atoms with Crippen LogP contribution in [0.2, 0.25) is 0 Å².